The van der Waals surface area contributed by atoms with Crippen LogP contribution >= 0.6 is 0 Å². The van der Waals surface area contributed by atoms with E-state index in [0.29, 0.717) is 12.2 Å². The summed E-state index contributed by atoms with van der Waals surface area (Å²) in [5, 5.41) is 10.7. The van der Waals surface area contributed by atoms with Gasteiger partial charge in [-0.15, -0.1) is 0 Å². The minimum Gasteiger partial charge on any atom is -0.352 e. The second-order valence-electron chi connectivity index (χ2n) is 6.94. The average molecular weight is 369 g/mol. The number of carbonyl (C=O) groups excluding carboxylic acids is 1. The number of carbonyl (C=O) groups is 1. The number of rotatable bonds is 6. The molecule has 1 amide bonds. The number of hydrogen-bond donors (Lipinski definition) is 1. The molecule has 1 N–H and O–H groups in total. The number of nitrogens with zero attached hydrogens (tertiary/aromatic N) is 4. The van der Waals surface area contributed by atoms with E-state index < -0.39 is 17.8 Å². The molecule has 0 saturated heterocycles. The average Bonchev–Trinajstić information content (AvgIpc) is 3.21. The maximum atomic E-state index is 12.9. The SMILES string of the molecule is Cc1nn(C)cc1CNC(=O)C(C)Cn1nc(C(F)(F)F)cc1C1CC1. The quantitative estimate of drug-likeness (QED) is 0.852. The van der Waals surface area contributed by atoms with Crippen LogP contribution in [0.15, 0.2) is 12.3 Å². The van der Waals surface area contributed by atoms with Crippen molar-refractivity contribution < 1.29 is 18.0 Å². The Balaban J connectivity index is 1.65. The summed E-state index contributed by atoms with van der Waals surface area (Å²) in [6.07, 6.45) is -0.916. The van der Waals surface area contributed by atoms with Gasteiger partial charge in [-0.05, 0) is 25.8 Å². The molecular formula is C17H22F3N5O. The first-order valence-corrected chi connectivity index (χ1v) is 8.57. The zero-order valence-electron chi connectivity index (χ0n) is 15.0. The van der Waals surface area contributed by atoms with Gasteiger partial charge in [0.15, 0.2) is 5.69 Å². The summed E-state index contributed by atoms with van der Waals surface area (Å²) >= 11 is 0. The van der Waals surface area contributed by atoms with E-state index in [1.165, 1.54) is 4.68 Å². The lowest BCUT2D eigenvalue weighted by Gasteiger charge is -2.14. The van der Waals surface area contributed by atoms with E-state index >= 15 is 0 Å². The highest BCUT2D eigenvalue weighted by molar-refractivity contribution is 5.78. The van der Waals surface area contributed by atoms with Crippen molar-refractivity contribution in [3.05, 3.63) is 34.9 Å². The van der Waals surface area contributed by atoms with Crippen LogP contribution in [0.5, 0.6) is 0 Å². The second-order valence-corrected chi connectivity index (χ2v) is 6.94. The normalized spacial score (nSPS) is 15.9. The zero-order chi connectivity index (χ0) is 19.1. The van der Waals surface area contributed by atoms with Gasteiger partial charge in [0.05, 0.1) is 18.2 Å². The Morgan fingerprint density at radius 1 is 1.38 bits per heavy atom. The third-order valence-electron chi connectivity index (χ3n) is 4.56. The summed E-state index contributed by atoms with van der Waals surface area (Å²) in [6, 6.07) is 1.11. The number of hydrogen-bond acceptors (Lipinski definition) is 3. The second kappa shape index (κ2) is 6.77. The predicted octanol–water partition coefficient (Wildman–Crippen LogP) is 2.77. The van der Waals surface area contributed by atoms with E-state index in [-0.39, 0.29) is 18.4 Å². The molecule has 0 spiro atoms. The molecule has 1 atom stereocenters. The fourth-order valence-corrected chi connectivity index (χ4v) is 2.94. The molecule has 0 aliphatic heterocycles. The van der Waals surface area contributed by atoms with E-state index in [0.717, 1.165) is 30.2 Å². The van der Waals surface area contributed by atoms with Crippen LogP contribution in [0.25, 0.3) is 0 Å². The van der Waals surface area contributed by atoms with Gasteiger partial charge in [-0.1, -0.05) is 6.92 Å². The van der Waals surface area contributed by atoms with E-state index in [1.807, 2.05) is 13.1 Å². The van der Waals surface area contributed by atoms with Crippen molar-refractivity contribution in [1.29, 1.82) is 0 Å². The molecule has 0 bridgehead atoms. The highest BCUT2D eigenvalue weighted by Gasteiger charge is 2.38. The van der Waals surface area contributed by atoms with Crippen LogP contribution in [-0.4, -0.2) is 25.5 Å². The summed E-state index contributed by atoms with van der Waals surface area (Å²) in [6.45, 7) is 4.01. The van der Waals surface area contributed by atoms with Crippen molar-refractivity contribution in [2.75, 3.05) is 0 Å². The molecule has 1 aliphatic rings. The van der Waals surface area contributed by atoms with Crippen LogP contribution < -0.4 is 5.32 Å². The number of amides is 1. The van der Waals surface area contributed by atoms with Crippen molar-refractivity contribution >= 4 is 5.91 Å². The van der Waals surface area contributed by atoms with Crippen molar-refractivity contribution in [2.24, 2.45) is 13.0 Å². The van der Waals surface area contributed by atoms with E-state index in [9.17, 15) is 18.0 Å². The van der Waals surface area contributed by atoms with Gasteiger partial charge in [0.25, 0.3) is 0 Å². The first-order valence-electron chi connectivity index (χ1n) is 8.57. The fourth-order valence-electron chi connectivity index (χ4n) is 2.94. The maximum Gasteiger partial charge on any atom is 0.435 e. The molecule has 0 radical (unpaired) electrons. The standard InChI is InChI=1S/C17H22F3N5O/c1-10(16(26)21-7-13-9-24(3)22-11(13)2)8-25-14(12-4-5-12)6-15(23-25)17(18,19)20/h6,9-10,12H,4-5,7-8H2,1-3H3,(H,21,26). The monoisotopic (exact) mass is 369 g/mol. The Hall–Kier alpha value is -2.32. The van der Waals surface area contributed by atoms with Crippen LogP contribution in [0.1, 0.15) is 48.3 Å². The number of halogens is 3. The largest absolute Gasteiger partial charge is 0.435 e. The smallest absolute Gasteiger partial charge is 0.352 e. The molecule has 1 aliphatic carbocycles. The van der Waals surface area contributed by atoms with Crippen LogP contribution in [0.2, 0.25) is 0 Å². The highest BCUT2D eigenvalue weighted by atomic mass is 19.4. The number of alkyl halides is 3. The first kappa shape index (κ1) is 18.5. The minimum absolute atomic E-state index is 0.118. The van der Waals surface area contributed by atoms with Crippen molar-refractivity contribution in [2.45, 2.75) is 51.9 Å². The molecule has 26 heavy (non-hydrogen) atoms. The molecule has 2 aromatic rings. The molecule has 2 heterocycles. The molecule has 142 valence electrons. The topological polar surface area (TPSA) is 64.7 Å². The number of aromatic nitrogens is 4. The highest BCUT2D eigenvalue weighted by Crippen LogP contribution is 2.42. The molecule has 2 aromatic heterocycles. The summed E-state index contributed by atoms with van der Waals surface area (Å²) in [4.78, 5) is 12.3. The van der Waals surface area contributed by atoms with Crippen LogP contribution in [0, 0.1) is 12.8 Å². The van der Waals surface area contributed by atoms with Gasteiger partial charge >= 0.3 is 6.18 Å². The van der Waals surface area contributed by atoms with Gasteiger partial charge in [0.2, 0.25) is 5.91 Å². The van der Waals surface area contributed by atoms with Crippen LogP contribution in [0.3, 0.4) is 0 Å². The van der Waals surface area contributed by atoms with E-state index in [2.05, 4.69) is 15.5 Å². The fraction of sp³-hybridized carbons (Fsp3) is 0.588. The van der Waals surface area contributed by atoms with E-state index in [4.69, 9.17) is 0 Å². The molecule has 9 heteroatoms. The number of nitrogens with one attached hydrogen (secondary N) is 1. The van der Waals surface area contributed by atoms with Crippen molar-refractivity contribution in [3.63, 3.8) is 0 Å². The summed E-state index contributed by atoms with van der Waals surface area (Å²) < 4.78 is 41.9. The molecular weight excluding hydrogens is 347 g/mol. The molecule has 3 rings (SSSR count). The lowest BCUT2D eigenvalue weighted by atomic mass is 10.1. The molecule has 1 saturated carbocycles. The predicted molar refractivity (Wildman–Crippen MR) is 88.2 cm³/mol. The first-order chi connectivity index (χ1) is 12.1. The maximum absolute atomic E-state index is 12.9. The van der Waals surface area contributed by atoms with Crippen molar-refractivity contribution in [1.82, 2.24) is 24.9 Å². The summed E-state index contributed by atoms with van der Waals surface area (Å²) in [7, 11) is 1.80. The molecule has 6 nitrogen and oxygen atoms in total. The van der Waals surface area contributed by atoms with Gasteiger partial charge in [0, 0.05) is 37.0 Å². The molecule has 0 aromatic carbocycles. The number of aryl methyl sites for hydroxylation is 2. The molecule has 1 fully saturated rings. The van der Waals surface area contributed by atoms with Crippen LogP contribution in [0.4, 0.5) is 13.2 Å². The van der Waals surface area contributed by atoms with Gasteiger partial charge in [-0.25, -0.2) is 0 Å². The Morgan fingerprint density at radius 2 is 2.08 bits per heavy atom. The Morgan fingerprint density at radius 3 is 2.62 bits per heavy atom. The van der Waals surface area contributed by atoms with Gasteiger partial charge < -0.3 is 5.32 Å². The van der Waals surface area contributed by atoms with Gasteiger partial charge in [0.1, 0.15) is 0 Å². The van der Waals surface area contributed by atoms with E-state index in [1.54, 1.807) is 18.7 Å². The van der Waals surface area contributed by atoms with Gasteiger partial charge in [-0.2, -0.15) is 23.4 Å². The molecule has 1 unspecified atom stereocenters. The Labute approximate surface area is 149 Å². The summed E-state index contributed by atoms with van der Waals surface area (Å²) in [5.74, 6) is -0.601. The Bertz CT molecular complexity index is 804. The lowest BCUT2D eigenvalue weighted by molar-refractivity contribution is -0.141. The van der Waals surface area contributed by atoms with Crippen molar-refractivity contribution in [3.8, 4) is 0 Å². The zero-order valence-corrected chi connectivity index (χ0v) is 15.0. The Kier molecular flexibility index (Phi) is 4.81. The third kappa shape index (κ3) is 4.08. The van der Waals surface area contributed by atoms with Gasteiger partial charge in [-0.3, -0.25) is 14.2 Å². The third-order valence-corrected chi connectivity index (χ3v) is 4.56. The lowest BCUT2D eigenvalue weighted by Crippen LogP contribution is -2.31. The summed E-state index contributed by atoms with van der Waals surface area (Å²) in [5.41, 5.74) is 1.42. The van der Waals surface area contributed by atoms with Crippen LogP contribution in [-0.2, 0) is 31.1 Å². The minimum atomic E-state index is -4.47.